The molecular weight excluding hydrogens is 280 g/mol. The molecule has 3 N–H and O–H groups in total. The number of benzene rings is 1. The molecular formula is C13H17ClN4O2. The average molecular weight is 297 g/mol. The first-order valence-corrected chi connectivity index (χ1v) is 6.03. The molecule has 1 amide bonds. The maximum absolute atomic E-state index is 11.5. The highest BCUT2D eigenvalue weighted by atomic mass is 35.5. The predicted octanol–water partition coefficient (Wildman–Crippen LogP) is 1.68. The Morgan fingerprint density at radius 2 is 1.95 bits per heavy atom. The number of hydrogen-bond acceptors (Lipinski definition) is 5. The molecule has 0 aliphatic carbocycles. The highest BCUT2D eigenvalue weighted by Gasteiger charge is 2.18. The Morgan fingerprint density at radius 1 is 1.30 bits per heavy atom. The van der Waals surface area contributed by atoms with Crippen molar-refractivity contribution in [2.24, 2.45) is 5.73 Å². The summed E-state index contributed by atoms with van der Waals surface area (Å²) in [6, 6.07) is 8.53. The third-order valence-electron chi connectivity index (χ3n) is 2.62. The third kappa shape index (κ3) is 3.79. The quantitative estimate of drug-likeness (QED) is 0.895. The van der Waals surface area contributed by atoms with E-state index in [1.165, 1.54) is 0 Å². The molecule has 0 aliphatic heterocycles. The summed E-state index contributed by atoms with van der Waals surface area (Å²) < 4.78 is 5.17. The Balaban J connectivity index is 0.00000200. The smallest absolute Gasteiger partial charge is 0.257 e. The number of carbonyl (C=O) groups excluding carboxylic acids is 1. The van der Waals surface area contributed by atoms with Gasteiger partial charge in [0.25, 0.3) is 5.89 Å². The minimum Gasteiger partial charge on any atom is -0.345 e. The molecule has 2 rings (SSSR count). The largest absolute Gasteiger partial charge is 0.345 e. The van der Waals surface area contributed by atoms with Gasteiger partial charge in [0.2, 0.25) is 5.91 Å². The number of hydrogen-bond donors (Lipinski definition) is 2. The van der Waals surface area contributed by atoms with Crippen molar-refractivity contribution in [2.75, 3.05) is 0 Å². The molecule has 0 saturated heterocycles. The maximum Gasteiger partial charge on any atom is 0.257 e. The Kier molecular flexibility index (Phi) is 5.66. The molecule has 6 nitrogen and oxygen atoms in total. The van der Waals surface area contributed by atoms with Gasteiger partial charge in [-0.25, -0.2) is 0 Å². The topological polar surface area (TPSA) is 94.0 Å². The van der Waals surface area contributed by atoms with Crippen LogP contribution in [0.1, 0.15) is 25.7 Å². The molecule has 1 aromatic carbocycles. The van der Waals surface area contributed by atoms with Gasteiger partial charge in [0.15, 0.2) is 5.82 Å². The van der Waals surface area contributed by atoms with E-state index in [4.69, 9.17) is 10.3 Å². The van der Waals surface area contributed by atoms with Crippen LogP contribution in [0.15, 0.2) is 34.9 Å². The molecule has 0 fully saturated rings. The van der Waals surface area contributed by atoms with Gasteiger partial charge in [-0.3, -0.25) is 4.79 Å². The summed E-state index contributed by atoms with van der Waals surface area (Å²) in [5, 5.41) is 6.57. The molecule has 1 aromatic heterocycles. The van der Waals surface area contributed by atoms with Crippen LogP contribution < -0.4 is 11.1 Å². The summed E-state index contributed by atoms with van der Waals surface area (Å²) in [7, 11) is 0. The van der Waals surface area contributed by atoms with Crippen molar-refractivity contribution < 1.29 is 9.32 Å². The number of amides is 1. The van der Waals surface area contributed by atoms with Crippen molar-refractivity contribution in [2.45, 2.75) is 25.9 Å². The van der Waals surface area contributed by atoms with Gasteiger partial charge in [0.05, 0.1) is 12.1 Å². The lowest BCUT2D eigenvalue weighted by Crippen LogP contribution is -2.39. The van der Waals surface area contributed by atoms with Crippen LogP contribution in [-0.4, -0.2) is 22.1 Å². The van der Waals surface area contributed by atoms with Gasteiger partial charge in [-0.1, -0.05) is 23.4 Å². The van der Waals surface area contributed by atoms with Gasteiger partial charge < -0.3 is 15.6 Å². The lowest BCUT2D eigenvalue weighted by Gasteiger charge is -2.11. The maximum atomic E-state index is 11.5. The van der Waals surface area contributed by atoms with Crippen molar-refractivity contribution in [3.8, 4) is 11.5 Å². The molecule has 108 valence electrons. The summed E-state index contributed by atoms with van der Waals surface area (Å²) in [5.41, 5.74) is 6.32. The Hall–Kier alpha value is -1.92. The number of carbonyl (C=O) groups is 1. The first-order chi connectivity index (χ1) is 9.08. The monoisotopic (exact) mass is 296 g/mol. The molecule has 2 aromatic rings. The summed E-state index contributed by atoms with van der Waals surface area (Å²) in [6.45, 7) is 3.40. The van der Waals surface area contributed by atoms with Crippen LogP contribution in [0.3, 0.4) is 0 Å². The van der Waals surface area contributed by atoms with Gasteiger partial charge >= 0.3 is 0 Å². The molecule has 0 spiro atoms. The summed E-state index contributed by atoms with van der Waals surface area (Å²) >= 11 is 0. The van der Waals surface area contributed by atoms with E-state index < -0.39 is 6.04 Å². The predicted molar refractivity (Wildman–Crippen MR) is 77.2 cm³/mol. The van der Waals surface area contributed by atoms with E-state index in [0.29, 0.717) is 11.7 Å². The molecule has 0 saturated carbocycles. The normalized spacial score (nSPS) is 13.2. The fourth-order valence-corrected chi connectivity index (χ4v) is 1.52. The number of aromatic nitrogens is 2. The number of halogens is 1. The van der Waals surface area contributed by atoms with Crippen LogP contribution in [-0.2, 0) is 4.79 Å². The highest BCUT2D eigenvalue weighted by Crippen LogP contribution is 2.18. The van der Waals surface area contributed by atoms with Crippen LogP contribution >= 0.6 is 12.4 Å². The van der Waals surface area contributed by atoms with Gasteiger partial charge in [0, 0.05) is 5.56 Å². The van der Waals surface area contributed by atoms with Gasteiger partial charge in [0.1, 0.15) is 0 Å². The fourth-order valence-electron chi connectivity index (χ4n) is 1.52. The Labute approximate surface area is 123 Å². The molecule has 0 aliphatic rings. The second kappa shape index (κ2) is 7.02. The number of nitrogens with two attached hydrogens (primary N) is 1. The van der Waals surface area contributed by atoms with E-state index >= 15 is 0 Å². The van der Waals surface area contributed by atoms with E-state index in [1.54, 1.807) is 13.8 Å². The van der Waals surface area contributed by atoms with Gasteiger partial charge in [-0.2, -0.15) is 4.98 Å². The molecule has 1 heterocycles. The number of rotatable bonds is 4. The van der Waals surface area contributed by atoms with E-state index in [0.717, 1.165) is 5.56 Å². The molecule has 1 unspecified atom stereocenters. The lowest BCUT2D eigenvalue weighted by molar-refractivity contribution is -0.122. The molecule has 2 atom stereocenters. The third-order valence-corrected chi connectivity index (χ3v) is 2.62. The number of nitrogens with one attached hydrogen (secondary N) is 1. The van der Waals surface area contributed by atoms with Crippen molar-refractivity contribution in [1.29, 1.82) is 0 Å². The molecule has 0 bridgehead atoms. The zero-order valence-corrected chi connectivity index (χ0v) is 12.1. The SMILES string of the molecule is CC(NC(=O)[C@H](C)N)c1noc(-c2ccccc2)n1.Cl. The summed E-state index contributed by atoms with van der Waals surface area (Å²) in [5.74, 6) is 0.601. The van der Waals surface area contributed by atoms with Gasteiger partial charge in [-0.15, -0.1) is 12.4 Å². The zero-order chi connectivity index (χ0) is 13.8. The Bertz CT molecular complexity index is 557. The minimum absolute atomic E-state index is 0. The second-order valence-corrected chi connectivity index (χ2v) is 4.34. The second-order valence-electron chi connectivity index (χ2n) is 4.34. The first kappa shape index (κ1) is 16.1. The zero-order valence-electron chi connectivity index (χ0n) is 11.2. The van der Waals surface area contributed by atoms with E-state index in [9.17, 15) is 4.79 Å². The van der Waals surface area contributed by atoms with Crippen molar-refractivity contribution in [1.82, 2.24) is 15.5 Å². The van der Waals surface area contributed by atoms with Crippen LogP contribution in [0.25, 0.3) is 11.5 Å². The van der Waals surface area contributed by atoms with Crippen LogP contribution in [0, 0.1) is 0 Å². The van der Waals surface area contributed by atoms with E-state index in [2.05, 4.69) is 15.5 Å². The van der Waals surface area contributed by atoms with Crippen LogP contribution in [0.2, 0.25) is 0 Å². The fraction of sp³-hybridized carbons (Fsp3) is 0.308. The Morgan fingerprint density at radius 3 is 2.55 bits per heavy atom. The lowest BCUT2D eigenvalue weighted by atomic mass is 10.2. The summed E-state index contributed by atoms with van der Waals surface area (Å²) in [4.78, 5) is 15.7. The van der Waals surface area contributed by atoms with Crippen LogP contribution in [0.4, 0.5) is 0 Å². The van der Waals surface area contributed by atoms with E-state index in [1.807, 2.05) is 30.3 Å². The van der Waals surface area contributed by atoms with Crippen molar-refractivity contribution in [3.63, 3.8) is 0 Å². The van der Waals surface area contributed by atoms with Gasteiger partial charge in [-0.05, 0) is 26.0 Å². The first-order valence-electron chi connectivity index (χ1n) is 6.03. The van der Waals surface area contributed by atoms with Crippen LogP contribution in [0.5, 0.6) is 0 Å². The number of nitrogens with zero attached hydrogens (tertiary/aromatic N) is 2. The molecule has 7 heteroatoms. The molecule has 0 radical (unpaired) electrons. The standard InChI is InChI=1S/C13H16N4O2.ClH/c1-8(14)12(18)15-9(2)11-16-13(19-17-11)10-6-4-3-5-7-10;/h3-9H,14H2,1-2H3,(H,15,18);1H/t8-,9?;/m0./s1. The average Bonchev–Trinajstić information content (AvgIpc) is 2.89. The summed E-state index contributed by atoms with van der Waals surface area (Å²) in [6.07, 6.45) is 0. The van der Waals surface area contributed by atoms with Crippen molar-refractivity contribution >= 4 is 18.3 Å². The highest BCUT2D eigenvalue weighted by molar-refractivity contribution is 5.85. The minimum atomic E-state index is -0.567. The van der Waals surface area contributed by atoms with Crippen molar-refractivity contribution in [3.05, 3.63) is 36.2 Å². The molecule has 20 heavy (non-hydrogen) atoms. The van der Waals surface area contributed by atoms with E-state index in [-0.39, 0.29) is 24.4 Å².